The van der Waals surface area contributed by atoms with Gasteiger partial charge in [-0.1, -0.05) is 36.5 Å². The van der Waals surface area contributed by atoms with Gasteiger partial charge >= 0.3 is 0 Å². The van der Waals surface area contributed by atoms with Gasteiger partial charge in [-0.15, -0.1) is 10.2 Å². The molecule has 2 aliphatic heterocycles. The first kappa shape index (κ1) is 23.7. The summed E-state index contributed by atoms with van der Waals surface area (Å²) in [5.74, 6) is -0.0801. The van der Waals surface area contributed by atoms with Crippen LogP contribution >= 0.6 is 11.3 Å². The van der Waals surface area contributed by atoms with Crippen molar-refractivity contribution in [3.05, 3.63) is 58.0 Å². The van der Waals surface area contributed by atoms with E-state index >= 15 is 0 Å². The van der Waals surface area contributed by atoms with Crippen LogP contribution in [0, 0.1) is 5.92 Å². The van der Waals surface area contributed by atoms with Gasteiger partial charge in [0, 0.05) is 30.5 Å². The molecular formula is C25H25N5O5S. The number of carbonyl (C=O) groups is 3. The third kappa shape index (κ3) is 5.01. The Bertz CT molecular complexity index is 1310. The minimum Gasteiger partial charge on any atom is -0.454 e. The average molecular weight is 508 g/mol. The number of amides is 3. The smallest absolute Gasteiger partial charge is 0.286 e. The van der Waals surface area contributed by atoms with Crippen molar-refractivity contribution in [2.45, 2.75) is 26.2 Å². The quantitative estimate of drug-likeness (QED) is 0.523. The Hall–Kier alpha value is -3.99. The first-order valence-electron chi connectivity index (χ1n) is 11.7. The van der Waals surface area contributed by atoms with E-state index in [0.717, 1.165) is 29.0 Å². The van der Waals surface area contributed by atoms with E-state index in [-0.39, 0.29) is 41.1 Å². The number of nitrogens with one attached hydrogen (secondary N) is 2. The molecule has 0 bridgehead atoms. The molecule has 0 aliphatic carbocycles. The van der Waals surface area contributed by atoms with Crippen molar-refractivity contribution in [1.29, 1.82) is 0 Å². The lowest BCUT2D eigenvalue weighted by Gasteiger charge is -2.31. The van der Waals surface area contributed by atoms with Crippen LogP contribution in [-0.4, -0.2) is 52.7 Å². The molecule has 2 aliphatic rings. The van der Waals surface area contributed by atoms with E-state index < -0.39 is 5.91 Å². The van der Waals surface area contributed by atoms with Crippen LogP contribution in [-0.2, 0) is 11.2 Å². The van der Waals surface area contributed by atoms with Crippen LogP contribution in [0.2, 0.25) is 0 Å². The van der Waals surface area contributed by atoms with Crippen LogP contribution in [0.3, 0.4) is 0 Å². The van der Waals surface area contributed by atoms with Crippen molar-refractivity contribution < 1.29 is 23.9 Å². The van der Waals surface area contributed by atoms with Crippen molar-refractivity contribution >= 4 is 40.4 Å². The van der Waals surface area contributed by atoms with Gasteiger partial charge in [0.25, 0.3) is 11.8 Å². The van der Waals surface area contributed by atoms with E-state index in [4.69, 9.17) is 9.47 Å². The number of fused-ring (bicyclic) bond motifs is 1. The zero-order valence-corrected chi connectivity index (χ0v) is 20.5. The van der Waals surface area contributed by atoms with Crippen LogP contribution in [0.15, 0.2) is 42.5 Å². The predicted molar refractivity (Wildman–Crippen MR) is 134 cm³/mol. The van der Waals surface area contributed by atoms with E-state index in [9.17, 15) is 14.4 Å². The summed E-state index contributed by atoms with van der Waals surface area (Å²) in [4.78, 5) is 40.3. The van der Waals surface area contributed by atoms with E-state index in [1.54, 1.807) is 23.1 Å². The minimum absolute atomic E-state index is 0.0680. The summed E-state index contributed by atoms with van der Waals surface area (Å²) in [5.41, 5.74) is 2.38. The van der Waals surface area contributed by atoms with Crippen molar-refractivity contribution in [3.8, 4) is 11.5 Å². The summed E-state index contributed by atoms with van der Waals surface area (Å²) in [6.45, 7) is 2.99. The second-order valence-electron chi connectivity index (χ2n) is 8.52. The molecule has 3 amide bonds. The Kier molecular flexibility index (Phi) is 6.81. The van der Waals surface area contributed by atoms with Gasteiger partial charge < -0.3 is 25.0 Å². The van der Waals surface area contributed by atoms with E-state index in [0.29, 0.717) is 36.6 Å². The fourth-order valence-electron chi connectivity index (χ4n) is 4.26. The highest BCUT2D eigenvalue weighted by Gasteiger charge is 2.31. The maximum Gasteiger partial charge on any atom is 0.286 e. The molecule has 1 aromatic heterocycles. The number of nitrogens with zero attached hydrogens (tertiary/aromatic N) is 3. The number of para-hydroxylation sites is 1. The van der Waals surface area contributed by atoms with Crippen molar-refractivity contribution in [2.75, 3.05) is 30.5 Å². The van der Waals surface area contributed by atoms with Crippen LogP contribution in [0.5, 0.6) is 11.5 Å². The highest BCUT2D eigenvalue weighted by Crippen LogP contribution is 2.34. The number of ether oxygens (including phenoxy) is 2. The fourth-order valence-corrected chi connectivity index (χ4v) is 4.96. The molecule has 36 heavy (non-hydrogen) atoms. The van der Waals surface area contributed by atoms with E-state index in [1.165, 1.54) is 0 Å². The molecule has 3 aromatic rings. The van der Waals surface area contributed by atoms with Crippen LogP contribution in [0.1, 0.15) is 44.9 Å². The maximum absolute atomic E-state index is 13.1. The minimum atomic E-state index is -0.476. The lowest BCUT2D eigenvalue weighted by atomic mass is 9.96. The monoisotopic (exact) mass is 507 g/mol. The van der Waals surface area contributed by atoms with Crippen molar-refractivity contribution in [3.63, 3.8) is 0 Å². The fraction of sp³-hybridized carbons (Fsp3) is 0.320. The number of hydrogen-bond donors (Lipinski definition) is 2. The largest absolute Gasteiger partial charge is 0.454 e. The molecular weight excluding hydrogens is 482 g/mol. The molecule has 1 saturated heterocycles. The Morgan fingerprint density at radius 1 is 1.06 bits per heavy atom. The summed E-state index contributed by atoms with van der Waals surface area (Å²) in [6.07, 6.45) is 2.21. The van der Waals surface area contributed by atoms with E-state index in [1.807, 2.05) is 31.2 Å². The number of carbonyl (C=O) groups excluding carboxylic acids is 3. The lowest BCUT2D eigenvalue weighted by molar-refractivity contribution is -0.121. The third-order valence-electron chi connectivity index (χ3n) is 6.17. The van der Waals surface area contributed by atoms with Crippen molar-refractivity contribution in [1.82, 2.24) is 15.1 Å². The molecule has 11 heteroatoms. The molecule has 0 spiro atoms. The summed E-state index contributed by atoms with van der Waals surface area (Å²) < 4.78 is 10.6. The number of benzene rings is 2. The van der Waals surface area contributed by atoms with Gasteiger partial charge in [0.2, 0.25) is 22.7 Å². The molecule has 1 fully saturated rings. The Morgan fingerprint density at radius 2 is 1.86 bits per heavy atom. The van der Waals surface area contributed by atoms with Crippen LogP contribution < -0.4 is 20.1 Å². The van der Waals surface area contributed by atoms with Crippen LogP contribution in [0.4, 0.5) is 11.4 Å². The zero-order chi connectivity index (χ0) is 25.1. The number of aromatic nitrogens is 2. The summed E-state index contributed by atoms with van der Waals surface area (Å²) in [6, 6.07) is 12.8. The number of anilines is 2. The first-order valence-corrected chi connectivity index (χ1v) is 12.6. The second kappa shape index (κ2) is 10.3. The Morgan fingerprint density at radius 3 is 2.72 bits per heavy atom. The molecule has 0 unspecified atom stereocenters. The second-order valence-corrected chi connectivity index (χ2v) is 9.50. The molecule has 2 N–H and O–H groups in total. The standard InChI is InChI=1S/C25H25N5O5S/c1-2-15-6-3-4-8-18(15)27-21(31)16-7-5-11-30(13-16)25(33)24-29-28-23(36-24)22(32)26-17-9-10-19-20(12-17)35-14-34-19/h3-4,6,8-10,12,16H,2,5,7,11,13-14H2,1H3,(H,26,32)(H,27,31)/t16-/m0/s1. The van der Waals surface area contributed by atoms with Crippen LogP contribution in [0.25, 0.3) is 0 Å². The number of piperidine rings is 1. The number of hydrogen-bond acceptors (Lipinski definition) is 8. The molecule has 2 aromatic carbocycles. The highest BCUT2D eigenvalue weighted by atomic mass is 32.1. The third-order valence-corrected chi connectivity index (χ3v) is 7.08. The van der Waals surface area contributed by atoms with Gasteiger partial charge in [0.15, 0.2) is 11.5 Å². The van der Waals surface area contributed by atoms with Gasteiger partial charge in [-0.2, -0.15) is 0 Å². The predicted octanol–water partition coefficient (Wildman–Crippen LogP) is 3.57. The number of rotatable bonds is 6. The molecule has 0 saturated carbocycles. The normalized spacial score (nSPS) is 16.5. The van der Waals surface area contributed by atoms with Gasteiger partial charge in [-0.05, 0) is 43.0 Å². The molecule has 3 heterocycles. The van der Waals surface area contributed by atoms with Gasteiger partial charge in [0.1, 0.15) is 0 Å². The summed E-state index contributed by atoms with van der Waals surface area (Å²) >= 11 is 0.923. The molecule has 186 valence electrons. The van der Waals surface area contributed by atoms with Gasteiger partial charge in [-0.3, -0.25) is 14.4 Å². The average Bonchev–Trinajstić information content (AvgIpc) is 3.58. The number of aryl methyl sites for hydroxylation is 1. The van der Waals surface area contributed by atoms with Crippen molar-refractivity contribution in [2.24, 2.45) is 5.92 Å². The highest BCUT2D eigenvalue weighted by molar-refractivity contribution is 7.15. The Labute approximate surface area is 211 Å². The molecule has 5 rings (SSSR count). The van der Waals surface area contributed by atoms with Gasteiger partial charge in [-0.25, -0.2) is 0 Å². The number of likely N-dealkylation sites (tertiary alicyclic amines) is 1. The SMILES string of the molecule is CCc1ccccc1NC(=O)[C@H]1CCCN(C(=O)c2nnc(C(=O)Nc3ccc4c(c3)OCO4)s2)C1. The molecule has 10 nitrogen and oxygen atoms in total. The summed E-state index contributed by atoms with van der Waals surface area (Å²) in [7, 11) is 0. The summed E-state index contributed by atoms with van der Waals surface area (Å²) in [5, 5.41) is 13.8. The maximum atomic E-state index is 13.1. The van der Waals surface area contributed by atoms with E-state index in [2.05, 4.69) is 20.8 Å². The Balaban J connectivity index is 1.21. The topological polar surface area (TPSA) is 123 Å². The zero-order valence-electron chi connectivity index (χ0n) is 19.7. The lowest BCUT2D eigenvalue weighted by Crippen LogP contribution is -2.43. The first-order chi connectivity index (χ1) is 17.5. The van der Waals surface area contributed by atoms with Gasteiger partial charge in [0.05, 0.1) is 5.92 Å². The molecule has 1 atom stereocenters. The molecule has 0 radical (unpaired) electrons.